The highest BCUT2D eigenvalue weighted by Gasteiger charge is 2.18. The Morgan fingerprint density at radius 1 is 1.06 bits per heavy atom. The van der Waals surface area contributed by atoms with Gasteiger partial charge in [0.2, 0.25) is 0 Å². The van der Waals surface area contributed by atoms with Crippen molar-refractivity contribution in [3.63, 3.8) is 0 Å². The summed E-state index contributed by atoms with van der Waals surface area (Å²) in [5.74, 6) is 0.194. The Morgan fingerprint density at radius 3 is 2.42 bits per heavy atom. The maximum absolute atomic E-state index is 12.9. The van der Waals surface area contributed by atoms with Crippen LogP contribution in [0.4, 0.5) is 0 Å². The van der Waals surface area contributed by atoms with Gasteiger partial charge in [0.05, 0.1) is 25.2 Å². The molecule has 0 aliphatic carbocycles. The average molecular weight is 443 g/mol. The van der Waals surface area contributed by atoms with Crippen LogP contribution in [0.15, 0.2) is 54.6 Å². The molecule has 0 fully saturated rings. The lowest BCUT2D eigenvalue weighted by Crippen LogP contribution is -2.43. The van der Waals surface area contributed by atoms with Crippen molar-refractivity contribution in [2.75, 3.05) is 19.8 Å². The van der Waals surface area contributed by atoms with Crippen molar-refractivity contribution in [3.8, 4) is 5.75 Å². The van der Waals surface area contributed by atoms with E-state index in [0.717, 1.165) is 5.56 Å². The summed E-state index contributed by atoms with van der Waals surface area (Å²) in [5.41, 5.74) is 1.43. The number of para-hydroxylation sites is 1. The van der Waals surface area contributed by atoms with Gasteiger partial charge in [-0.05, 0) is 42.8 Å². The van der Waals surface area contributed by atoms with Crippen LogP contribution < -0.4 is 10.1 Å². The fourth-order valence-corrected chi connectivity index (χ4v) is 3.04. The predicted octanol–water partition coefficient (Wildman–Crippen LogP) is 4.19. The molecule has 0 spiro atoms. The van der Waals surface area contributed by atoms with Crippen molar-refractivity contribution < 1.29 is 19.1 Å². The number of nitrogens with zero attached hydrogens (tertiary/aromatic N) is 1. The van der Waals surface area contributed by atoms with Crippen LogP contribution in [0, 0.1) is 5.92 Å². The molecule has 0 aliphatic heterocycles. The van der Waals surface area contributed by atoms with Crippen LogP contribution >= 0.6 is 12.2 Å². The van der Waals surface area contributed by atoms with Crippen LogP contribution in [0.2, 0.25) is 0 Å². The summed E-state index contributed by atoms with van der Waals surface area (Å²) in [4.78, 5) is 26.6. The van der Waals surface area contributed by atoms with Crippen molar-refractivity contribution in [1.29, 1.82) is 0 Å². The summed E-state index contributed by atoms with van der Waals surface area (Å²) < 4.78 is 10.8. The number of nitrogens with one attached hydrogen (secondary N) is 1. The number of ether oxygens (including phenoxy) is 2. The van der Waals surface area contributed by atoms with E-state index in [0.29, 0.717) is 43.5 Å². The second-order valence-corrected chi connectivity index (χ2v) is 7.81. The Hall–Kier alpha value is -2.93. The summed E-state index contributed by atoms with van der Waals surface area (Å²) in [6, 6.07) is 16.8. The molecule has 0 atom stereocenters. The van der Waals surface area contributed by atoms with Crippen LogP contribution in [0.1, 0.15) is 43.1 Å². The normalized spacial score (nSPS) is 10.5. The molecule has 2 rings (SSSR count). The SMILES string of the molecule is CCOC(=O)CCN(Cc1ccccc1)C(=S)NC(=O)c1ccccc1OCC(C)C. The molecule has 0 aliphatic rings. The molecular weight excluding hydrogens is 412 g/mol. The lowest BCUT2D eigenvalue weighted by atomic mass is 10.2. The van der Waals surface area contributed by atoms with Gasteiger partial charge in [-0.2, -0.15) is 0 Å². The highest BCUT2D eigenvalue weighted by molar-refractivity contribution is 7.80. The molecule has 0 bridgehead atoms. The number of carbonyl (C=O) groups excluding carboxylic acids is 2. The molecule has 0 heterocycles. The van der Waals surface area contributed by atoms with E-state index in [-0.39, 0.29) is 23.4 Å². The molecule has 0 aromatic heterocycles. The molecule has 6 nitrogen and oxygen atoms in total. The van der Waals surface area contributed by atoms with Crippen LogP contribution in [0.3, 0.4) is 0 Å². The fourth-order valence-electron chi connectivity index (χ4n) is 2.80. The van der Waals surface area contributed by atoms with Gasteiger partial charge >= 0.3 is 5.97 Å². The third-order valence-corrected chi connectivity index (χ3v) is 4.68. The van der Waals surface area contributed by atoms with E-state index in [9.17, 15) is 9.59 Å². The maximum atomic E-state index is 12.9. The van der Waals surface area contributed by atoms with Gasteiger partial charge in [0.1, 0.15) is 5.75 Å². The average Bonchev–Trinajstić information content (AvgIpc) is 2.76. The first-order valence-electron chi connectivity index (χ1n) is 10.4. The molecule has 2 aromatic carbocycles. The minimum absolute atomic E-state index is 0.171. The van der Waals surface area contributed by atoms with Gasteiger partial charge in [0, 0.05) is 13.1 Å². The molecular formula is C24H30N2O4S. The van der Waals surface area contributed by atoms with Crippen molar-refractivity contribution >= 4 is 29.2 Å². The molecule has 2 aromatic rings. The highest BCUT2D eigenvalue weighted by atomic mass is 32.1. The molecule has 0 unspecified atom stereocenters. The zero-order valence-electron chi connectivity index (χ0n) is 18.3. The summed E-state index contributed by atoms with van der Waals surface area (Å²) in [6.07, 6.45) is 0.171. The third-order valence-electron chi connectivity index (χ3n) is 4.32. The molecule has 7 heteroatoms. The quantitative estimate of drug-likeness (QED) is 0.440. The summed E-state index contributed by atoms with van der Waals surface area (Å²) in [5, 5.41) is 3.03. The molecule has 1 N–H and O–H groups in total. The van der Waals surface area contributed by atoms with Crippen molar-refractivity contribution in [3.05, 3.63) is 65.7 Å². The maximum Gasteiger partial charge on any atom is 0.307 e. The summed E-state index contributed by atoms with van der Waals surface area (Å²) in [6.45, 7) is 7.48. The molecule has 31 heavy (non-hydrogen) atoms. The van der Waals surface area contributed by atoms with Crippen LogP contribution in [-0.4, -0.2) is 41.6 Å². The first kappa shape index (κ1) is 24.3. The van der Waals surface area contributed by atoms with E-state index in [1.165, 1.54) is 0 Å². The standard InChI is InChI=1S/C24H30N2O4S/c1-4-29-22(27)14-15-26(16-19-10-6-5-7-11-19)24(31)25-23(28)20-12-8-9-13-21(20)30-17-18(2)3/h5-13,18H,4,14-17H2,1-3H3,(H,25,28,31). The van der Waals surface area contributed by atoms with E-state index < -0.39 is 0 Å². The number of thiocarbonyl (C=S) groups is 1. The third kappa shape index (κ3) is 8.38. The number of carbonyl (C=O) groups is 2. The first-order chi connectivity index (χ1) is 14.9. The minimum atomic E-state index is -0.349. The number of hydrogen-bond acceptors (Lipinski definition) is 5. The zero-order valence-corrected chi connectivity index (χ0v) is 19.1. The lowest BCUT2D eigenvalue weighted by Gasteiger charge is -2.25. The van der Waals surface area contributed by atoms with Gasteiger partial charge < -0.3 is 14.4 Å². The van der Waals surface area contributed by atoms with E-state index in [1.54, 1.807) is 30.0 Å². The number of rotatable bonds is 10. The van der Waals surface area contributed by atoms with Gasteiger partial charge in [-0.15, -0.1) is 0 Å². The summed E-state index contributed by atoms with van der Waals surface area (Å²) in [7, 11) is 0. The van der Waals surface area contributed by atoms with E-state index in [4.69, 9.17) is 21.7 Å². The predicted molar refractivity (Wildman–Crippen MR) is 125 cm³/mol. The molecule has 0 saturated heterocycles. The Balaban J connectivity index is 2.11. The van der Waals surface area contributed by atoms with Gasteiger partial charge in [0.15, 0.2) is 5.11 Å². The molecule has 0 radical (unpaired) electrons. The topological polar surface area (TPSA) is 67.9 Å². The van der Waals surface area contributed by atoms with Crippen LogP contribution in [-0.2, 0) is 16.1 Å². The highest BCUT2D eigenvalue weighted by Crippen LogP contribution is 2.19. The molecule has 1 amide bonds. The van der Waals surface area contributed by atoms with Crippen molar-refractivity contribution in [2.24, 2.45) is 5.92 Å². The Morgan fingerprint density at radius 2 is 1.74 bits per heavy atom. The number of hydrogen-bond donors (Lipinski definition) is 1. The second-order valence-electron chi connectivity index (χ2n) is 7.42. The van der Waals surface area contributed by atoms with Crippen molar-refractivity contribution in [1.82, 2.24) is 10.2 Å². The lowest BCUT2D eigenvalue weighted by molar-refractivity contribution is -0.143. The van der Waals surface area contributed by atoms with E-state index >= 15 is 0 Å². The largest absolute Gasteiger partial charge is 0.492 e. The second kappa shape index (κ2) is 12.7. The monoisotopic (exact) mass is 442 g/mol. The van der Waals surface area contributed by atoms with Crippen molar-refractivity contribution in [2.45, 2.75) is 33.7 Å². The van der Waals surface area contributed by atoms with E-state index in [2.05, 4.69) is 5.32 Å². The Bertz CT molecular complexity index is 871. The minimum Gasteiger partial charge on any atom is -0.492 e. The summed E-state index contributed by atoms with van der Waals surface area (Å²) >= 11 is 5.52. The van der Waals surface area contributed by atoms with Gasteiger partial charge in [-0.1, -0.05) is 56.3 Å². The van der Waals surface area contributed by atoms with Crippen LogP contribution in [0.25, 0.3) is 0 Å². The Labute approximate surface area is 189 Å². The number of benzene rings is 2. The van der Waals surface area contributed by atoms with Crippen LogP contribution in [0.5, 0.6) is 5.75 Å². The first-order valence-corrected chi connectivity index (χ1v) is 10.8. The molecule has 166 valence electrons. The Kier molecular flexibility index (Phi) is 9.97. The van der Waals surface area contributed by atoms with E-state index in [1.807, 2.05) is 50.2 Å². The zero-order chi connectivity index (χ0) is 22.6. The number of amides is 1. The van der Waals surface area contributed by atoms with Gasteiger partial charge in [-0.3, -0.25) is 14.9 Å². The molecule has 0 saturated carbocycles. The number of esters is 1. The van der Waals surface area contributed by atoms with Gasteiger partial charge in [-0.25, -0.2) is 0 Å². The van der Waals surface area contributed by atoms with Gasteiger partial charge in [0.25, 0.3) is 5.91 Å². The smallest absolute Gasteiger partial charge is 0.307 e. The fraction of sp³-hybridized carbons (Fsp3) is 0.375.